The number of nitrogens with zero attached hydrogens (tertiary/aromatic N) is 6. The number of benzene rings is 1. The van der Waals surface area contributed by atoms with E-state index in [0.29, 0.717) is 63.9 Å². The Morgan fingerprint density at radius 1 is 1.11 bits per heavy atom. The van der Waals surface area contributed by atoms with Gasteiger partial charge in [0.25, 0.3) is 11.8 Å². The van der Waals surface area contributed by atoms with Crippen molar-refractivity contribution in [1.29, 1.82) is 0 Å². The van der Waals surface area contributed by atoms with Crippen LogP contribution < -0.4 is 14.8 Å². The van der Waals surface area contributed by atoms with Crippen LogP contribution in [0.15, 0.2) is 42.7 Å². The molecule has 1 saturated heterocycles. The SMILES string of the molecule is COc1cnc2c(-c3nc4cc(F)c(OC[C@@H](C)OC(=O)Nc5ccc(C(=O)N6CCC(O)CC6)nc5)nc4s3)cc(C)cc2n1. The lowest BCUT2D eigenvalue weighted by molar-refractivity contribution is 0.0541. The molecule has 13 nitrogen and oxygen atoms in total. The molecule has 1 fully saturated rings. The van der Waals surface area contributed by atoms with Gasteiger partial charge in [-0.3, -0.25) is 10.1 Å². The first-order chi connectivity index (χ1) is 22.2. The van der Waals surface area contributed by atoms with Crippen LogP contribution in [-0.2, 0) is 4.74 Å². The highest BCUT2D eigenvalue weighted by atomic mass is 32.1. The van der Waals surface area contributed by atoms with E-state index in [2.05, 4.69) is 30.2 Å². The van der Waals surface area contributed by atoms with Crippen LogP contribution in [0.5, 0.6) is 11.8 Å². The summed E-state index contributed by atoms with van der Waals surface area (Å²) >= 11 is 1.26. The normalized spacial score (nSPS) is 14.3. The lowest BCUT2D eigenvalue weighted by Crippen LogP contribution is -2.40. The first-order valence-electron chi connectivity index (χ1n) is 14.5. The van der Waals surface area contributed by atoms with E-state index in [4.69, 9.17) is 14.2 Å². The van der Waals surface area contributed by atoms with Crippen molar-refractivity contribution in [3.05, 3.63) is 59.8 Å². The van der Waals surface area contributed by atoms with Crippen molar-refractivity contribution in [3.8, 4) is 22.3 Å². The largest absolute Gasteiger partial charge is 0.480 e. The summed E-state index contributed by atoms with van der Waals surface area (Å²) in [5, 5.41) is 12.8. The number of ether oxygens (including phenoxy) is 3. The minimum absolute atomic E-state index is 0.162. The molecule has 6 rings (SSSR count). The van der Waals surface area contributed by atoms with Gasteiger partial charge in [0.15, 0.2) is 5.82 Å². The Bertz CT molecular complexity index is 1910. The number of carbonyl (C=O) groups is 2. The molecule has 1 aliphatic rings. The number of pyridine rings is 2. The van der Waals surface area contributed by atoms with Gasteiger partial charge >= 0.3 is 6.09 Å². The van der Waals surface area contributed by atoms with Crippen molar-refractivity contribution in [2.24, 2.45) is 0 Å². The standard InChI is InChI=1S/C31H30FN7O6S/c1-16-10-20(26-23(11-16)36-25(43-3)14-34-26)28-37-24-12-21(32)27(38-29(24)46-28)44-15-17(2)45-31(42)35-18-4-5-22(33-13-18)30(41)39-8-6-19(40)7-9-39/h4-5,10-14,17,19,40H,6-9,15H2,1-3H3,(H,35,42)/t17-/m1/s1. The van der Waals surface area contributed by atoms with Crippen LogP contribution in [0.4, 0.5) is 14.9 Å². The Morgan fingerprint density at radius 2 is 1.91 bits per heavy atom. The summed E-state index contributed by atoms with van der Waals surface area (Å²) in [6, 6.07) is 8.14. The number of aliphatic hydroxyl groups is 1. The monoisotopic (exact) mass is 647 g/mol. The van der Waals surface area contributed by atoms with Crippen molar-refractivity contribution in [2.75, 3.05) is 32.1 Å². The zero-order valence-electron chi connectivity index (χ0n) is 25.2. The van der Waals surface area contributed by atoms with E-state index in [1.807, 2.05) is 19.1 Å². The van der Waals surface area contributed by atoms with Gasteiger partial charge in [0.1, 0.15) is 33.8 Å². The number of thiazole rings is 1. The van der Waals surface area contributed by atoms with Crippen LogP contribution in [-0.4, -0.2) is 85.9 Å². The maximum absolute atomic E-state index is 14.9. The molecule has 0 spiro atoms. The smallest absolute Gasteiger partial charge is 0.412 e. The molecule has 2 N–H and O–H groups in total. The summed E-state index contributed by atoms with van der Waals surface area (Å²) in [6.07, 6.45) is 2.02. The van der Waals surface area contributed by atoms with Crippen LogP contribution in [0, 0.1) is 12.7 Å². The predicted molar refractivity (Wildman–Crippen MR) is 168 cm³/mol. The number of fused-ring (bicyclic) bond motifs is 2. The molecule has 5 aromatic rings. The van der Waals surface area contributed by atoms with Gasteiger partial charge < -0.3 is 24.2 Å². The third kappa shape index (κ3) is 6.79. The maximum Gasteiger partial charge on any atom is 0.412 e. The zero-order chi connectivity index (χ0) is 32.4. The summed E-state index contributed by atoms with van der Waals surface area (Å²) in [6.45, 7) is 4.29. The number of aromatic nitrogens is 5. The molecular formula is C31H30FN7O6S. The van der Waals surface area contributed by atoms with Crippen LogP contribution in [0.25, 0.3) is 32.0 Å². The van der Waals surface area contributed by atoms with E-state index in [1.54, 1.807) is 17.9 Å². The van der Waals surface area contributed by atoms with Crippen molar-refractivity contribution < 1.29 is 33.3 Å². The number of aliphatic hydroxyl groups excluding tert-OH is 1. The van der Waals surface area contributed by atoms with E-state index in [1.165, 1.54) is 43.0 Å². The number of piperidine rings is 1. The molecule has 2 amide bonds. The fourth-order valence-corrected chi connectivity index (χ4v) is 5.87. The lowest BCUT2D eigenvalue weighted by atomic mass is 10.1. The molecule has 1 aromatic carbocycles. The van der Waals surface area contributed by atoms with Gasteiger partial charge in [-0.25, -0.2) is 29.1 Å². The van der Waals surface area contributed by atoms with Crippen LogP contribution in [0.1, 0.15) is 35.8 Å². The van der Waals surface area contributed by atoms with E-state index < -0.39 is 18.0 Å². The molecule has 4 aromatic heterocycles. The average molecular weight is 648 g/mol. The molecule has 0 saturated carbocycles. The summed E-state index contributed by atoms with van der Waals surface area (Å²) in [5.41, 5.74) is 3.89. The molecule has 1 atom stereocenters. The quantitative estimate of drug-likeness (QED) is 0.239. The number of hydrogen-bond acceptors (Lipinski definition) is 12. The van der Waals surface area contributed by atoms with Crippen molar-refractivity contribution >= 4 is 50.4 Å². The fourth-order valence-electron chi connectivity index (χ4n) is 4.94. The Kier molecular flexibility index (Phi) is 8.85. The van der Waals surface area contributed by atoms with Gasteiger partial charge in [0.2, 0.25) is 5.88 Å². The highest BCUT2D eigenvalue weighted by molar-refractivity contribution is 7.21. The second-order valence-corrected chi connectivity index (χ2v) is 11.8. The van der Waals surface area contributed by atoms with Gasteiger partial charge in [-0.2, -0.15) is 4.98 Å². The number of anilines is 1. The number of nitrogens with one attached hydrogen (secondary N) is 1. The first kappa shape index (κ1) is 31.0. The third-order valence-corrected chi connectivity index (χ3v) is 8.26. The van der Waals surface area contributed by atoms with Crippen LogP contribution in [0.3, 0.4) is 0 Å². The number of aryl methyl sites for hydroxylation is 1. The number of methoxy groups -OCH3 is 1. The minimum Gasteiger partial charge on any atom is -0.480 e. The Hall–Kier alpha value is -5.02. The highest BCUT2D eigenvalue weighted by Gasteiger charge is 2.23. The van der Waals surface area contributed by atoms with Crippen molar-refractivity contribution in [2.45, 2.75) is 38.9 Å². The molecular weight excluding hydrogens is 617 g/mol. The third-order valence-electron chi connectivity index (χ3n) is 7.26. The van der Waals surface area contributed by atoms with Crippen molar-refractivity contribution in [3.63, 3.8) is 0 Å². The fraction of sp³-hybridized carbons (Fsp3) is 0.323. The van der Waals surface area contributed by atoms with Crippen molar-refractivity contribution in [1.82, 2.24) is 29.8 Å². The first-order valence-corrected chi connectivity index (χ1v) is 15.3. The van der Waals surface area contributed by atoms with Gasteiger partial charge in [-0.1, -0.05) is 11.3 Å². The van der Waals surface area contributed by atoms with Gasteiger partial charge in [-0.05, 0) is 56.5 Å². The van der Waals surface area contributed by atoms with Gasteiger partial charge in [0, 0.05) is 24.7 Å². The molecule has 238 valence electrons. The second kappa shape index (κ2) is 13.1. The predicted octanol–water partition coefficient (Wildman–Crippen LogP) is 4.77. The molecule has 46 heavy (non-hydrogen) atoms. The Morgan fingerprint density at radius 3 is 2.65 bits per heavy atom. The van der Waals surface area contributed by atoms with E-state index in [-0.39, 0.29) is 30.2 Å². The van der Waals surface area contributed by atoms with Gasteiger partial charge in [0.05, 0.1) is 42.3 Å². The summed E-state index contributed by atoms with van der Waals surface area (Å²) in [5.74, 6) is -0.796. The number of halogens is 1. The molecule has 1 aliphatic heterocycles. The van der Waals surface area contributed by atoms with Crippen LogP contribution >= 0.6 is 11.3 Å². The maximum atomic E-state index is 14.9. The minimum atomic E-state index is -0.774. The molecule has 0 bridgehead atoms. The summed E-state index contributed by atoms with van der Waals surface area (Å²) in [7, 11) is 1.52. The number of amides is 2. The summed E-state index contributed by atoms with van der Waals surface area (Å²) in [4.78, 5) is 49.2. The Balaban J connectivity index is 1.07. The number of likely N-dealkylation sites (tertiary alicyclic amines) is 1. The van der Waals surface area contributed by atoms with Crippen LogP contribution in [0.2, 0.25) is 0 Å². The topological polar surface area (TPSA) is 162 Å². The molecule has 0 aliphatic carbocycles. The Labute approximate surface area is 266 Å². The number of rotatable bonds is 8. The zero-order valence-corrected chi connectivity index (χ0v) is 26.0. The lowest BCUT2D eigenvalue weighted by Gasteiger charge is -2.29. The van der Waals surface area contributed by atoms with E-state index in [9.17, 15) is 19.1 Å². The molecule has 5 heterocycles. The number of carbonyl (C=O) groups excluding carboxylic acids is 2. The van der Waals surface area contributed by atoms with E-state index in [0.717, 1.165) is 11.1 Å². The molecule has 15 heteroatoms. The van der Waals surface area contributed by atoms with Gasteiger partial charge in [-0.15, -0.1) is 0 Å². The average Bonchev–Trinajstić information content (AvgIpc) is 3.45. The molecule has 0 radical (unpaired) electrons. The number of hydrogen-bond donors (Lipinski definition) is 2. The summed E-state index contributed by atoms with van der Waals surface area (Å²) < 4.78 is 31.0. The highest BCUT2D eigenvalue weighted by Crippen LogP contribution is 2.35. The van der Waals surface area contributed by atoms with E-state index >= 15 is 0 Å². The second-order valence-electron chi connectivity index (χ2n) is 10.8. The molecule has 0 unspecified atom stereocenters.